The van der Waals surface area contributed by atoms with Gasteiger partial charge in [-0.05, 0) is 6.42 Å². The fraction of sp³-hybridized carbons (Fsp3) is 0.909. The summed E-state index contributed by atoms with van der Waals surface area (Å²) in [5.41, 5.74) is 0. The summed E-state index contributed by atoms with van der Waals surface area (Å²) in [5, 5.41) is 6.22. The predicted molar refractivity (Wildman–Crippen MR) is 59.7 cm³/mol. The van der Waals surface area contributed by atoms with Crippen LogP contribution in [0.4, 0.5) is 0 Å². The maximum atomic E-state index is 11.5. The van der Waals surface area contributed by atoms with Crippen LogP contribution in [0.1, 0.15) is 32.6 Å². The van der Waals surface area contributed by atoms with Gasteiger partial charge in [0.15, 0.2) is 0 Å². The fourth-order valence-electron chi connectivity index (χ4n) is 1.86. The van der Waals surface area contributed by atoms with E-state index < -0.39 is 0 Å². The second-order valence-electron chi connectivity index (χ2n) is 4.06. The molecule has 1 rings (SSSR count). The van der Waals surface area contributed by atoms with E-state index >= 15 is 0 Å². The van der Waals surface area contributed by atoms with E-state index in [-0.39, 0.29) is 18.1 Å². The van der Waals surface area contributed by atoms with Crippen LogP contribution in [-0.4, -0.2) is 38.3 Å². The topological polar surface area (TPSA) is 50.4 Å². The Kier molecular flexibility index (Phi) is 5.65. The van der Waals surface area contributed by atoms with Crippen LogP contribution in [0.15, 0.2) is 0 Å². The van der Waals surface area contributed by atoms with E-state index in [1.165, 1.54) is 0 Å². The number of hydrogen-bond acceptors (Lipinski definition) is 3. The molecule has 0 bridgehead atoms. The van der Waals surface area contributed by atoms with Gasteiger partial charge in [-0.25, -0.2) is 0 Å². The summed E-state index contributed by atoms with van der Waals surface area (Å²) in [4.78, 5) is 11.5. The van der Waals surface area contributed by atoms with Gasteiger partial charge in [-0.15, -0.1) is 0 Å². The van der Waals surface area contributed by atoms with Crippen LogP contribution in [0, 0.1) is 0 Å². The zero-order valence-corrected chi connectivity index (χ0v) is 9.71. The van der Waals surface area contributed by atoms with Crippen molar-refractivity contribution in [2.75, 3.05) is 20.2 Å². The van der Waals surface area contributed by atoms with Crippen LogP contribution in [0.3, 0.4) is 0 Å². The summed E-state index contributed by atoms with van der Waals surface area (Å²) in [7, 11) is 1.69. The molecule has 1 aliphatic heterocycles. The minimum Gasteiger partial charge on any atom is -0.378 e. The smallest absolute Gasteiger partial charge is 0.220 e. The van der Waals surface area contributed by atoms with Crippen molar-refractivity contribution in [3.63, 3.8) is 0 Å². The predicted octanol–water partition coefficient (Wildman–Crippen LogP) is 0.670. The van der Waals surface area contributed by atoms with Gasteiger partial charge < -0.3 is 15.4 Å². The van der Waals surface area contributed by atoms with Crippen LogP contribution < -0.4 is 10.6 Å². The maximum Gasteiger partial charge on any atom is 0.220 e. The highest BCUT2D eigenvalue weighted by Crippen LogP contribution is 2.05. The van der Waals surface area contributed by atoms with Gasteiger partial charge in [-0.1, -0.05) is 19.8 Å². The number of carbonyl (C=O) groups is 1. The Morgan fingerprint density at radius 3 is 2.93 bits per heavy atom. The quantitative estimate of drug-likeness (QED) is 0.639. The first-order valence-electron chi connectivity index (χ1n) is 5.80. The Morgan fingerprint density at radius 2 is 2.27 bits per heavy atom. The molecule has 2 N–H and O–H groups in total. The molecule has 1 aliphatic rings. The average Bonchev–Trinajstić information content (AvgIpc) is 2.65. The fourth-order valence-corrected chi connectivity index (χ4v) is 1.86. The standard InChI is InChI=1S/C11H22N2O2/c1-3-4-5-6-11(14)13-9-7-12-8-10(9)15-2/h9-10,12H,3-8H2,1-2H3,(H,13,14)/t9?,10-/m0/s1. The van der Waals surface area contributed by atoms with Crippen molar-refractivity contribution in [2.45, 2.75) is 44.8 Å². The Balaban J connectivity index is 2.19. The van der Waals surface area contributed by atoms with Gasteiger partial charge in [0.2, 0.25) is 5.91 Å². The summed E-state index contributed by atoms with van der Waals surface area (Å²) in [5.74, 6) is 0.152. The molecule has 1 heterocycles. The van der Waals surface area contributed by atoms with Gasteiger partial charge in [0.1, 0.15) is 0 Å². The highest BCUT2D eigenvalue weighted by molar-refractivity contribution is 5.76. The minimum absolute atomic E-state index is 0.125. The van der Waals surface area contributed by atoms with E-state index in [0.29, 0.717) is 6.42 Å². The molecule has 4 nitrogen and oxygen atoms in total. The molecule has 0 aromatic heterocycles. The molecule has 0 aromatic carbocycles. The third-order valence-electron chi connectivity index (χ3n) is 2.82. The first kappa shape index (κ1) is 12.5. The molecular formula is C11H22N2O2. The second-order valence-corrected chi connectivity index (χ2v) is 4.06. The zero-order chi connectivity index (χ0) is 11.1. The normalized spacial score (nSPS) is 25.5. The lowest BCUT2D eigenvalue weighted by atomic mass is 10.1. The lowest BCUT2D eigenvalue weighted by Gasteiger charge is -2.18. The number of rotatable bonds is 6. The molecule has 88 valence electrons. The average molecular weight is 214 g/mol. The summed E-state index contributed by atoms with van der Waals surface area (Å²) >= 11 is 0. The molecular weight excluding hydrogens is 192 g/mol. The van der Waals surface area contributed by atoms with Crippen molar-refractivity contribution in [3.05, 3.63) is 0 Å². The van der Waals surface area contributed by atoms with Crippen LogP contribution in [-0.2, 0) is 9.53 Å². The number of methoxy groups -OCH3 is 1. The number of hydrogen-bond donors (Lipinski definition) is 2. The van der Waals surface area contributed by atoms with Crippen molar-refractivity contribution in [1.29, 1.82) is 0 Å². The maximum absolute atomic E-state index is 11.5. The summed E-state index contributed by atoms with van der Waals surface area (Å²) < 4.78 is 5.27. The lowest BCUT2D eigenvalue weighted by Crippen LogP contribution is -2.43. The van der Waals surface area contributed by atoms with Crippen molar-refractivity contribution < 1.29 is 9.53 Å². The van der Waals surface area contributed by atoms with E-state index in [0.717, 1.165) is 32.4 Å². The third-order valence-corrected chi connectivity index (χ3v) is 2.82. The summed E-state index contributed by atoms with van der Waals surface area (Å²) in [6.45, 7) is 3.79. The molecule has 0 radical (unpaired) electrons. The molecule has 15 heavy (non-hydrogen) atoms. The van der Waals surface area contributed by atoms with E-state index in [2.05, 4.69) is 17.6 Å². The van der Waals surface area contributed by atoms with Gasteiger partial charge >= 0.3 is 0 Å². The van der Waals surface area contributed by atoms with E-state index in [1.54, 1.807) is 7.11 Å². The molecule has 0 aliphatic carbocycles. The molecule has 0 saturated carbocycles. The van der Waals surface area contributed by atoms with Gasteiger partial charge in [0.05, 0.1) is 12.1 Å². The van der Waals surface area contributed by atoms with Gasteiger partial charge in [0, 0.05) is 26.6 Å². The van der Waals surface area contributed by atoms with Crippen molar-refractivity contribution in [2.24, 2.45) is 0 Å². The van der Waals surface area contributed by atoms with Gasteiger partial charge in [-0.3, -0.25) is 4.79 Å². The van der Waals surface area contributed by atoms with Crippen LogP contribution >= 0.6 is 0 Å². The monoisotopic (exact) mass is 214 g/mol. The molecule has 1 saturated heterocycles. The van der Waals surface area contributed by atoms with Crippen LogP contribution in [0.5, 0.6) is 0 Å². The highest BCUT2D eigenvalue weighted by atomic mass is 16.5. The second kappa shape index (κ2) is 6.80. The third kappa shape index (κ3) is 4.18. The van der Waals surface area contributed by atoms with Crippen molar-refractivity contribution >= 4 is 5.91 Å². The first-order valence-corrected chi connectivity index (χ1v) is 5.80. The molecule has 2 atom stereocenters. The number of amides is 1. The molecule has 1 unspecified atom stereocenters. The van der Waals surface area contributed by atoms with Crippen LogP contribution in [0.25, 0.3) is 0 Å². The molecule has 1 fully saturated rings. The lowest BCUT2D eigenvalue weighted by molar-refractivity contribution is -0.122. The van der Waals surface area contributed by atoms with E-state index in [9.17, 15) is 4.79 Å². The highest BCUT2D eigenvalue weighted by Gasteiger charge is 2.27. The van der Waals surface area contributed by atoms with Crippen molar-refractivity contribution in [1.82, 2.24) is 10.6 Å². The zero-order valence-electron chi connectivity index (χ0n) is 9.71. The Labute approximate surface area is 91.8 Å². The van der Waals surface area contributed by atoms with Crippen molar-refractivity contribution in [3.8, 4) is 0 Å². The Hall–Kier alpha value is -0.610. The van der Waals surface area contributed by atoms with E-state index in [4.69, 9.17) is 4.74 Å². The first-order chi connectivity index (χ1) is 7.27. The summed E-state index contributed by atoms with van der Waals surface area (Å²) in [6, 6.07) is 0.143. The van der Waals surface area contributed by atoms with E-state index in [1.807, 2.05) is 0 Å². The van der Waals surface area contributed by atoms with Crippen LogP contribution in [0.2, 0.25) is 0 Å². The number of ether oxygens (including phenoxy) is 1. The van der Waals surface area contributed by atoms with Gasteiger partial charge in [-0.2, -0.15) is 0 Å². The molecule has 1 amide bonds. The van der Waals surface area contributed by atoms with Gasteiger partial charge in [0.25, 0.3) is 0 Å². The number of nitrogens with one attached hydrogen (secondary N) is 2. The summed E-state index contributed by atoms with van der Waals surface area (Å²) in [6.07, 6.45) is 4.03. The molecule has 0 aromatic rings. The number of carbonyl (C=O) groups excluding carboxylic acids is 1. The largest absolute Gasteiger partial charge is 0.378 e. The molecule has 4 heteroatoms. The molecule has 0 spiro atoms. The Bertz CT molecular complexity index is 197. The number of unbranched alkanes of at least 4 members (excludes halogenated alkanes) is 2. The minimum atomic E-state index is 0.125. The SMILES string of the molecule is CCCCCC(=O)NC1CNC[C@@H]1OC. The Morgan fingerprint density at radius 1 is 1.47 bits per heavy atom.